The molecule has 1 amide bonds. The lowest BCUT2D eigenvalue weighted by Crippen LogP contribution is -2.44. The average molecular weight is 277 g/mol. The number of primary amides is 1. The van der Waals surface area contributed by atoms with E-state index in [0.29, 0.717) is 6.42 Å². The van der Waals surface area contributed by atoms with Gasteiger partial charge in [-0.1, -0.05) is 0 Å². The first-order valence-electron chi connectivity index (χ1n) is 6.37. The first kappa shape index (κ1) is 16.8. The minimum absolute atomic E-state index is 0.213. The Bertz CT molecular complexity index is 246. The van der Waals surface area contributed by atoms with Crippen molar-refractivity contribution in [2.45, 2.75) is 57.5 Å². The predicted molar refractivity (Wildman–Crippen MR) is 77.8 cm³/mol. The van der Waals surface area contributed by atoms with Crippen LogP contribution in [0.25, 0.3) is 0 Å². The van der Waals surface area contributed by atoms with Gasteiger partial charge in [0.15, 0.2) is 16.6 Å². The predicted octanol–water partition coefficient (Wildman–Crippen LogP) is 2.03. The van der Waals surface area contributed by atoms with Gasteiger partial charge < -0.3 is 15.6 Å². The highest BCUT2D eigenvalue weighted by Gasteiger charge is 2.32. The Labute approximate surface area is 107 Å². The van der Waals surface area contributed by atoms with Crippen molar-refractivity contribution in [3.05, 3.63) is 0 Å². The first-order valence-corrected chi connectivity index (χ1v) is 12.6. The highest BCUT2D eigenvalue weighted by molar-refractivity contribution is 6.84. The highest BCUT2D eigenvalue weighted by Crippen LogP contribution is 2.23. The molecule has 0 aliphatic rings. The van der Waals surface area contributed by atoms with E-state index in [1.807, 2.05) is 0 Å². The van der Waals surface area contributed by atoms with E-state index in [1.165, 1.54) is 0 Å². The van der Waals surface area contributed by atoms with E-state index >= 15 is 0 Å². The molecule has 4 nitrogen and oxygen atoms in total. The molecule has 0 atom stereocenters. The van der Waals surface area contributed by atoms with Crippen LogP contribution in [-0.2, 0) is 8.91 Å². The van der Waals surface area contributed by atoms with Crippen LogP contribution in [0.4, 0.5) is 0 Å². The summed E-state index contributed by atoms with van der Waals surface area (Å²) in [5.41, 5.74) is 10.7. The van der Waals surface area contributed by atoms with Gasteiger partial charge in [0.1, 0.15) is 0 Å². The van der Waals surface area contributed by atoms with Gasteiger partial charge in [-0.15, -0.1) is 0 Å². The van der Waals surface area contributed by atoms with Crippen LogP contribution in [0.1, 0.15) is 19.3 Å². The molecule has 102 valence electrons. The standard InChI is InChI=1S/C11H28N2O2Si2/c1-16(2,9-5-7-11(13)14)15-17(3,4)10-6-8-12/h5-10,12H2,1-4H3,(H2,13,14). The Balaban J connectivity index is 4.08. The van der Waals surface area contributed by atoms with E-state index in [2.05, 4.69) is 26.2 Å². The molecule has 0 heterocycles. The average Bonchev–Trinajstić information content (AvgIpc) is 2.12. The molecule has 0 rings (SSSR count). The maximum Gasteiger partial charge on any atom is 0.217 e. The molecule has 0 bridgehead atoms. The molecule has 0 saturated heterocycles. The minimum atomic E-state index is -1.64. The lowest BCUT2D eigenvalue weighted by Gasteiger charge is -2.34. The normalized spacial score (nSPS) is 12.8. The second-order valence-electron chi connectivity index (χ2n) is 5.83. The third-order valence-corrected chi connectivity index (χ3v) is 10.3. The van der Waals surface area contributed by atoms with Crippen LogP contribution in [0, 0.1) is 0 Å². The summed E-state index contributed by atoms with van der Waals surface area (Å²) in [7, 11) is -3.21. The van der Waals surface area contributed by atoms with Gasteiger partial charge in [-0.25, -0.2) is 0 Å². The lowest BCUT2D eigenvalue weighted by molar-refractivity contribution is -0.118. The molecule has 0 aliphatic carbocycles. The molecule has 0 radical (unpaired) electrons. The maximum atomic E-state index is 10.7. The smallest absolute Gasteiger partial charge is 0.217 e. The van der Waals surface area contributed by atoms with Gasteiger partial charge in [0, 0.05) is 6.42 Å². The van der Waals surface area contributed by atoms with Gasteiger partial charge in [-0.05, 0) is 57.7 Å². The molecule has 0 fully saturated rings. The number of rotatable bonds is 9. The second kappa shape index (κ2) is 7.30. The zero-order chi connectivity index (χ0) is 13.5. The summed E-state index contributed by atoms with van der Waals surface area (Å²) < 4.78 is 6.38. The number of nitrogens with two attached hydrogens (primary N) is 2. The van der Waals surface area contributed by atoms with E-state index in [0.717, 1.165) is 31.5 Å². The van der Waals surface area contributed by atoms with Crippen LogP contribution in [-0.4, -0.2) is 29.1 Å². The largest absolute Gasteiger partial charge is 0.455 e. The van der Waals surface area contributed by atoms with Gasteiger partial charge in [-0.3, -0.25) is 4.79 Å². The molecule has 0 aliphatic heterocycles. The fourth-order valence-electron chi connectivity index (χ4n) is 2.07. The van der Waals surface area contributed by atoms with Crippen molar-refractivity contribution in [2.24, 2.45) is 11.5 Å². The maximum absolute atomic E-state index is 10.7. The number of carbonyl (C=O) groups excluding carboxylic acids is 1. The van der Waals surface area contributed by atoms with Crippen molar-refractivity contribution in [3.8, 4) is 0 Å². The summed E-state index contributed by atoms with van der Waals surface area (Å²) in [6, 6.07) is 2.13. The summed E-state index contributed by atoms with van der Waals surface area (Å²) in [6.07, 6.45) is 2.38. The SMILES string of the molecule is C[Si](C)(CCCN)O[Si](C)(C)CCCC(N)=O. The summed E-state index contributed by atoms with van der Waals surface area (Å²) >= 11 is 0. The summed E-state index contributed by atoms with van der Waals surface area (Å²) in [5.74, 6) is -0.213. The third kappa shape index (κ3) is 9.52. The van der Waals surface area contributed by atoms with E-state index in [1.54, 1.807) is 0 Å². The lowest BCUT2D eigenvalue weighted by atomic mass is 10.3. The molecule has 0 spiro atoms. The Morgan fingerprint density at radius 3 is 1.94 bits per heavy atom. The highest BCUT2D eigenvalue weighted by atomic mass is 28.4. The molecule has 17 heavy (non-hydrogen) atoms. The van der Waals surface area contributed by atoms with Crippen molar-refractivity contribution in [1.82, 2.24) is 0 Å². The minimum Gasteiger partial charge on any atom is -0.455 e. The second-order valence-corrected chi connectivity index (χ2v) is 14.7. The van der Waals surface area contributed by atoms with Gasteiger partial charge in [-0.2, -0.15) is 0 Å². The Kier molecular flexibility index (Phi) is 7.23. The van der Waals surface area contributed by atoms with Crippen molar-refractivity contribution in [1.29, 1.82) is 0 Å². The summed E-state index contributed by atoms with van der Waals surface area (Å²) in [6.45, 7) is 9.71. The van der Waals surface area contributed by atoms with Gasteiger partial charge in [0.05, 0.1) is 0 Å². The number of carbonyl (C=O) groups is 1. The summed E-state index contributed by atoms with van der Waals surface area (Å²) in [4.78, 5) is 10.7. The zero-order valence-electron chi connectivity index (χ0n) is 11.7. The number of hydrogen-bond acceptors (Lipinski definition) is 3. The Morgan fingerprint density at radius 2 is 1.53 bits per heavy atom. The van der Waals surface area contributed by atoms with Gasteiger partial charge >= 0.3 is 0 Å². The van der Waals surface area contributed by atoms with Crippen LogP contribution < -0.4 is 11.5 Å². The molecule has 4 N–H and O–H groups in total. The molecular weight excluding hydrogens is 248 g/mol. The van der Waals surface area contributed by atoms with E-state index in [-0.39, 0.29) is 5.91 Å². The van der Waals surface area contributed by atoms with Crippen LogP contribution in [0.3, 0.4) is 0 Å². The number of amides is 1. The molecule has 0 aromatic carbocycles. The zero-order valence-corrected chi connectivity index (χ0v) is 13.7. The molecule has 0 unspecified atom stereocenters. The Morgan fingerprint density at radius 1 is 1.06 bits per heavy atom. The molecule has 0 aromatic heterocycles. The van der Waals surface area contributed by atoms with Crippen LogP contribution in [0.15, 0.2) is 0 Å². The fourth-order valence-corrected chi connectivity index (χ4v) is 11.0. The molecule has 0 aromatic rings. The van der Waals surface area contributed by atoms with Gasteiger partial charge in [0.25, 0.3) is 0 Å². The quantitative estimate of drug-likeness (QED) is 0.632. The first-order chi connectivity index (χ1) is 7.68. The van der Waals surface area contributed by atoms with Crippen LogP contribution in [0.5, 0.6) is 0 Å². The van der Waals surface area contributed by atoms with Crippen molar-refractivity contribution in [3.63, 3.8) is 0 Å². The monoisotopic (exact) mass is 276 g/mol. The van der Waals surface area contributed by atoms with E-state index in [4.69, 9.17) is 15.6 Å². The molecular formula is C11H28N2O2Si2. The summed E-state index contributed by atoms with van der Waals surface area (Å²) in [5, 5.41) is 0. The van der Waals surface area contributed by atoms with E-state index in [9.17, 15) is 4.79 Å². The van der Waals surface area contributed by atoms with E-state index < -0.39 is 16.6 Å². The van der Waals surface area contributed by atoms with Gasteiger partial charge in [0.2, 0.25) is 5.91 Å². The molecule has 6 heteroatoms. The van der Waals surface area contributed by atoms with Crippen LogP contribution in [0.2, 0.25) is 38.3 Å². The molecule has 0 saturated carbocycles. The fraction of sp³-hybridized carbons (Fsp3) is 0.909. The van der Waals surface area contributed by atoms with Crippen molar-refractivity contribution >= 4 is 22.5 Å². The third-order valence-electron chi connectivity index (χ3n) is 2.74. The van der Waals surface area contributed by atoms with Crippen molar-refractivity contribution in [2.75, 3.05) is 6.54 Å². The van der Waals surface area contributed by atoms with Crippen LogP contribution >= 0.6 is 0 Å². The topological polar surface area (TPSA) is 78.3 Å². The Hall–Kier alpha value is -0.176. The number of hydrogen-bond donors (Lipinski definition) is 2. The van der Waals surface area contributed by atoms with Crippen molar-refractivity contribution < 1.29 is 8.91 Å².